The van der Waals surface area contributed by atoms with E-state index < -0.39 is 18.1 Å². The summed E-state index contributed by atoms with van der Waals surface area (Å²) in [6.07, 6.45) is -0.854. The number of esters is 1. The van der Waals surface area contributed by atoms with Gasteiger partial charge in [-0.1, -0.05) is 48.5 Å². The molecule has 116 valence electrons. The topological polar surface area (TPSA) is 61.6 Å². The van der Waals surface area contributed by atoms with Gasteiger partial charge in [0.05, 0.1) is 0 Å². The molecule has 22 heavy (non-hydrogen) atoms. The quantitative estimate of drug-likeness (QED) is 0.833. The summed E-state index contributed by atoms with van der Waals surface area (Å²) < 4.78 is 11.4. The van der Waals surface area contributed by atoms with Gasteiger partial charge in [0.15, 0.2) is 6.10 Å². The second kappa shape index (κ2) is 7.61. The molecule has 4 nitrogen and oxygen atoms in total. The van der Waals surface area contributed by atoms with E-state index >= 15 is 0 Å². The molecule has 0 aliphatic heterocycles. The van der Waals surface area contributed by atoms with Crippen LogP contribution in [0, 0.1) is 0 Å². The van der Waals surface area contributed by atoms with E-state index in [0.717, 1.165) is 11.3 Å². The lowest BCUT2D eigenvalue weighted by molar-refractivity contribution is -0.155. The molecule has 0 radical (unpaired) electrons. The van der Waals surface area contributed by atoms with Crippen LogP contribution in [0.5, 0.6) is 5.75 Å². The fraction of sp³-hybridized carbons (Fsp3) is 0.278. The summed E-state index contributed by atoms with van der Waals surface area (Å²) >= 11 is 0. The third kappa shape index (κ3) is 4.33. The molecule has 0 bridgehead atoms. The third-order valence-corrected chi connectivity index (χ3v) is 3.23. The average Bonchev–Trinajstić information content (AvgIpc) is 2.54. The minimum atomic E-state index is -0.671. The number of carbonyl (C=O) groups excluding carboxylic acids is 1. The molecule has 0 aliphatic carbocycles. The van der Waals surface area contributed by atoms with Crippen LogP contribution < -0.4 is 10.5 Å². The monoisotopic (exact) mass is 299 g/mol. The van der Waals surface area contributed by atoms with Gasteiger partial charge in [-0.25, -0.2) is 0 Å². The van der Waals surface area contributed by atoms with Crippen LogP contribution in [0.4, 0.5) is 0 Å². The maximum absolute atomic E-state index is 11.9. The zero-order chi connectivity index (χ0) is 15.9. The second-order valence-corrected chi connectivity index (χ2v) is 5.19. The van der Waals surface area contributed by atoms with Gasteiger partial charge < -0.3 is 15.2 Å². The van der Waals surface area contributed by atoms with Crippen LogP contribution in [-0.4, -0.2) is 18.1 Å². The first-order valence-electron chi connectivity index (χ1n) is 7.30. The van der Waals surface area contributed by atoms with E-state index in [9.17, 15) is 4.79 Å². The Bertz CT molecular complexity index is 584. The summed E-state index contributed by atoms with van der Waals surface area (Å²) in [5.41, 5.74) is 6.47. The summed E-state index contributed by atoms with van der Waals surface area (Å²) in [6.45, 7) is 3.48. The van der Waals surface area contributed by atoms with E-state index in [2.05, 4.69) is 0 Å². The Morgan fingerprint density at radius 3 is 2.05 bits per heavy atom. The molecule has 4 heteroatoms. The molecule has 0 amide bonds. The van der Waals surface area contributed by atoms with Gasteiger partial charge in [-0.15, -0.1) is 0 Å². The van der Waals surface area contributed by atoms with Gasteiger partial charge in [0.25, 0.3) is 0 Å². The number of para-hydroxylation sites is 1. The molecule has 2 N–H and O–H groups in total. The molecule has 3 atom stereocenters. The Kier molecular flexibility index (Phi) is 5.55. The van der Waals surface area contributed by atoms with E-state index in [1.54, 1.807) is 6.92 Å². The maximum atomic E-state index is 11.9. The Hall–Kier alpha value is -2.33. The fourth-order valence-electron chi connectivity index (χ4n) is 2.09. The summed E-state index contributed by atoms with van der Waals surface area (Å²) in [6, 6.07) is 18.3. The van der Waals surface area contributed by atoms with Crippen molar-refractivity contribution in [1.82, 2.24) is 0 Å². The number of nitrogens with two attached hydrogens (primary N) is 1. The lowest BCUT2D eigenvalue weighted by Gasteiger charge is -2.26. The summed E-state index contributed by atoms with van der Waals surface area (Å²) in [4.78, 5) is 11.9. The van der Waals surface area contributed by atoms with E-state index in [-0.39, 0.29) is 6.10 Å². The number of hydrogen-bond donors (Lipinski definition) is 1. The molecule has 0 aromatic heterocycles. The zero-order valence-electron chi connectivity index (χ0n) is 12.8. The van der Waals surface area contributed by atoms with Crippen LogP contribution in [0.2, 0.25) is 0 Å². The SMILES string of the molecule is C[C@H](N)C(=O)O[C@H](c1ccccc1)[C@@H](C)Oc1ccccc1. The van der Waals surface area contributed by atoms with Gasteiger partial charge in [-0.2, -0.15) is 0 Å². The van der Waals surface area contributed by atoms with Gasteiger partial charge in [0.2, 0.25) is 0 Å². The number of rotatable bonds is 6. The minimum absolute atomic E-state index is 0.340. The van der Waals surface area contributed by atoms with Crippen molar-refractivity contribution in [3.05, 3.63) is 66.2 Å². The van der Waals surface area contributed by atoms with Gasteiger partial charge in [-0.3, -0.25) is 4.79 Å². The second-order valence-electron chi connectivity index (χ2n) is 5.19. The van der Waals surface area contributed by atoms with E-state index in [0.29, 0.717) is 0 Å². The first kappa shape index (κ1) is 16.0. The number of carbonyl (C=O) groups is 1. The van der Waals surface area contributed by atoms with Gasteiger partial charge in [0, 0.05) is 0 Å². The van der Waals surface area contributed by atoms with Crippen LogP contribution in [0.1, 0.15) is 25.5 Å². The van der Waals surface area contributed by atoms with Gasteiger partial charge >= 0.3 is 5.97 Å². The van der Waals surface area contributed by atoms with Crippen LogP contribution in [-0.2, 0) is 9.53 Å². The zero-order valence-corrected chi connectivity index (χ0v) is 12.8. The van der Waals surface area contributed by atoms with Crippen molar-refractivity contribution < 1.29 is 14.3 Å². The standard InChI is InChI=1S/C18H21NO3/c1-13(19)18(20)22-17(15-9-5-3-6-10-15)14(2)21-16-11-7-4-8-12-16/h3-14,17H,19H2,1-2H3/t13-,14+,17-/m0/s1. The number of hydrogen-bond acceptors (Lipinski definition) is 4. The molecule has 0 spiro atoms. The van der Waals surface area contributed by atoms with Crippen molar-refractivity contribution in [3.63, 3.8) is 0 Å². The Labute approximate surface area is 130 Å². The van der Waals surface area contributed by atoms with Crippen molar-refractivity contribution >= 4 is 5.97 Å². The Morgan fingerprint density at radius 2 is 1.50 bits per heavy atom. The molecule has 2 aromatic carbocycles. The third-order valence-electron chi connectivity index (χ3n) is 3.23. The predicted octanol–water partition coefficient (Wildman–Crippen LogP) is 3.09. The first-order valence-corrected chi connectivity index (χ1v) is 7.30. The van der Waals surface area contributed by atoms with Crippen molar-refractivity contribution in [2.45, 2.75) is 32.1 Å². The average molecular weight is 299 g/mol. The Morgan fingerprint density at radius 1 is 0.955 bits per heavy atom. The fourth-order valence-corrected chi connectivity index (χ4v) is 2.09. The summed E-state index contributed by atoms with van der Waals surface area (Å²) in [5.74, 6) is 0.283. The lowest BCUT2D eigenvalue weighted by Crippen LogP contribution is -2.34. The highest BCUT2D eigenvalue weighted by Gasteiger charge is 2.26. The van der Waals surface area contributed by atoms with Crippen LogP contribution in [0.3, 0.4) is 0 Å². The molecular weight excluding hydrogens is 278 g/mol. The van der Waals surface area contributed by atoms with Gasteiger partial charge in [0.1, 0.15) is 17.9 Å². The highest BCUT2D eigenvalue weighted by atomic mass is 16.6. The molecule has 0 fully saturated rings. The smallest absolute Gasteiger partial charge is 0.323 e. The highest BCUT2D eigenvalue weighted by molar-refractivity contribution is 5.75. The van der Waals surface area contributed by atoms with Crippen molar-refractivity contribution in [2.24, 2.45) is 5.73 Å². The van der Waals surface area contributed by atoms with Crippen molar-refractivity contribution in [2.75, 3.05) is 0 Å². The maximum Gasteiger partial charge on any atom is 0.323 e. The van der Waals surface area contributed by atoms with Crippen LogP contribution in [0.25, 0.3) is 0 Å². The van der Waals surface area contributed by atoms with Crippen molar-refractivity contribution in [3.8, 4) is 5.75 Å². The van der Waals surface area contributed by atoms with Crippen molar-refractivity contribution in [1.29, 1.82) is 0 Å². The van der Waals surface area contributed by atoms with E-state index in [1.165, 1.54) is 0 Å². The predicted molar refractivity (Wildman–Crippen MR) is 85.5 cm³/mol. The largest absolute Gasteiger partial charge is 0.486 e. The Balaban J connectivity index is 2.18. The van der Waals surface area contributed by atoms with E-state index in [1.807, 2.05) is 67.6 Å². The number of benzene rings is 2. The molecule has 0 heterocycles. The molecule has 2 rings (SSSR count). The van der Waals surface area contributed by atoms with E-state index in [4.69, 9.17) is 15.2 Å². The molecule has 0 unspecified atom stereocenters. The lowest BCUT2D eigenvalue weighted by atomic mass is 10.0. The molecule has 0 saturated carbocycles. The molecular formula is C18H21NO3. The molecule has 2 aromatic rings. The van der Waals surface area contributed by atoms with Crippen LogP contribution >= 0.6 is 0 Å². The molecule has 0 saturated heterocycles. The van der Waals surface area contributed by atoms with Crippen LogP contribution in [0.15, 0.2) is 60.7 Å². The minimum Gasteiger partial charge on any atom is -0.486 e. The normalized spacial score (nSPS) is 14.7. The first-order chi connectivity index (χ1) is 10.6. The summed E-state index contributed by atoms with van der Waals surface area (Å²) in [5, 5.41) is 0. The molecule has 0 aliphatic rings. The van der Waals surface area contributed by atoms with Gasteiger partial charge in [-0.05, 0) is 31.5 Å². The highest BCUT2D eigenvalue weighted by Crippen LogP contribution is 2.25. The summed E-state index contributed by atoms with van der Waals surface area (Å²) in [7, 11) is 0. The number of ether oxygens (including phenoxy) is 2.